The Hall–Kier alpha value is -2.02. The van der Waals surface area contributed by atoms with Crippen LogP contribution in [0.5, 0.6) is 0 Å². The highest BCUT2D eigenvalue weighted by Crippen LogP contribution is 2.21. The summed E-state index contributed by atoms with van der Waals surface area (Å²) in [5.41, 5.74) is 6.21. The van der Waals surface area contributed by atoms with Crippen LogP contribution in [0.25, 0.3) is 11.4 Å². The number of tetrazole rings is 1. The van der Waals surface area contributed by atoms with Crippen molar-refractivity contribution >= 4 is 5.69 Å². The number of methoxy groups -OCH3 is 1. The summed E-state index contributed by atoms with van der Waals surface area (Å²) >= 11 is 0. The van der Waals surface area contributed by atoms with Crippen molar-refractivity contribution in [1.29, 1.82) is 0 Å². The highest BCUT2D eigenvalue weighted by atomic mass is 19.1. The molecule has 0 aliphatic rings. The summed E-state index contributed by atoms with van der Waals surface area (Å²) < 4.78 is 20.3. The molecule has 2 N–H and O–H groups in total. The van der Waals surface area contributed by atoms with Crippen LogP contribution in [0.4, 0.5) is 10.1 Å². The highest BCUT2D eigenvalue weighted by molar-refractivity contribution is 5.59. The van der Waals surface area contributed by atoms with Crippen LogP contribution in [0.3, 0.4) is 0 Å². The summed E-state index contributed by atoms with van der Waals surface area (Å²) in [6.45, 7) is 1.17. The van der Waals surface area contributed by atoms with Crippen LogP contribution in [0.1, 0.15) is 6.42 Å². The zero-order valence-corrected chi connectivity index (χ0v) is 10.0. The van der Waals surface area contributed by atoms with Gasteiger partial charge >= 0.3 is 0 Å². The van der Waals surface area contributed by atoms with Gasteiger partial charge in [-0.1, -0.05) is 0 Å². The van der Waals surface area contributed by atoms with Gasteiger partial charge in [0.15, 0.2) is 5.82 Å². The number of aromatic nitrogens is 4. The fourth-order valence-corrected chi connectivity index (χ4v) is 1.62. The topological polar surface area (TPSA) is 78.8 Å². The van der Waals surface area contributed by atoms with E-state index < -0.39 is 5.82 Å². The van der Waals surface area contributed by atoms with Crippen LogP contribution in [0, 0.1) is 5.82 Å². The number of halogens is 1. The molecule has 18 heavy (non-hydrogen) atoms. The normalized spacial score (nSPS) is 10.8. The number of nitrogen functional groups attached to an aromatic ring is 1. The van der Waals surface area contributed by atoms with Gasteiger partial charge in [-0.15, -0.1) is 5.10 Å². The second kappa shape index (κ2) is 5.54. The van der Waals surface area contributed by atoms with E-state index in [4.69, 9.17) is 10.5 Å². The summed E-state index contributed by atoms with van der Waals surface area (Å²) in [6, 6.07) is 4.44. The van der Waals surface area contributed by atoms with Crippen molar-refractivity contribution in [3.05, 3.63) is 24.0 Å². The maximum Gasteiger partial charge on any atom is 0.184 e. The number of benzene rings is 1. The van der Waals surface area contributed by atoms with Crippen LogP contribution in [0.2, 0.25) is 0 Å². The van der Waals surface area contributed by atoms with E-state index in [-0.39, 0.29) is 0 Å². The minimum Gasteiger partial charge on any atom is -0.399 e. The molecular formula is C11H14FN5O. The number of rotatable bonds is 5. The molecule has 0 atom stereocenters. The molecule has 0 saturated heterocycles. The highest BCUT2D eigenvalue weighted by Gasteiger charge is 2.13. The van der Waals surface area contributed by atoms with Crippen molar-refractivity contribution in [1.82, 2.24) is 20.2 Å². The molecule has 0 radical (unpaired) electrons. The summed E-state index contributed by atoms with van der Waals surface area (Å²) in [6.07, 6.45) is 0.755. The molecule has 0 fully saturated rings. The molecule has 0 aliphatic carbocycles. The van der Waals surface area contributed by atoms with E-state index in [1.807, 2.05) is 0 Å². The number of nitrogens with zero attached hydrogens (tertiary/aromatic N) is 4. The van der Waals surface area contributed by atoms with Crippen LogP contribution in [0.15, 0.2) is 18.2 Å². The first kappa shape index (κ1) is 12.4. The number of anilines is 1. The maximum absolute atomic E-state index is 13.8. The zero-order chi connectivity index (χ0) is 13.0. The van der Waals surface area contributed by atoms with Crippen molar-refractivity contribution in [2.75, 3.05) is 19.5 Å². The molecule has 96 valence electrons. The van der Waals surface area contributed by atoms with Gasteiger partial charge in [0.2, 0.25) is 0 Å². The van der Waals surface area contributed by atoms with E-state index in [1.54, 1.807) is 23.9 Å². The summed E-state index contributed by atoms with van der Waals surface area (Å²) in [5.74, 6) is -0.0404. The van der Waals surface area contributed by atoms with Gasteiger partial charge in [-0.25, -0.2) is 9.07 Å². The van der Waals surface area contributed by atoms with Gasteiger partial charge in [-0.2, -0.15) is 0 Å². The molecule has 0 saturated carbocycles. The lowest BCUT2D eigenvalue weighted by atomic mass is 10.2. The lowest BCUT2D eigenvalue weighted by molar-refractivity contribution is 0.189. The number of hydrogen-bond donors (Lipinski definition) is 1. The second-order valence-electron chi connectivity index (χ2n) is 3.81. The number of aryl methyl sites for hydroxylation is 1. The first-order valence-electron chi connectivity index (χ1n) is 5.53. The van der Waals surface area contributed by atoms with E-state index in [0.29, 0.717) is 30.2 Å². The predicted molar refractivity (Wildman–Crippen MR) is 64.1 cm³/mol. The minimum atomic E-state index is -0.433. The molecule has 6 nitrogen and oxygen atoms in total. The summed E-state index contributed by atoms with van der Waals surface area (Å²) in [4.78, 5) is 0. The SMILES string of the molecule is COCCCn1nnnc1-c1ccc(N)cc1F. The molecule has 1 aromatic heterocycles. The number of nitrogens with two attached hydrogens (primary N) is 1. The number of hydrogen-bond acceptors (Lipinski definition) is 5. The minimum absolute atomic E-state index is 0.339. The third-order valence-corrected chi connectivity index (χ3v) is 2.48. The van der Waals surface area contributed by atoms with Crippen LogP contribution in [-0.4, -0.2) is 33.9 Å². The molecule has 0 spiro atoms. The monoisotopic (exact) mass is 251 g/mol. The van der Waals surface area contributed by atoms with Gasteiger partial charge in [0, 0.05) is 25.9 Å². The van der Waals surface area contributed by atoms with Gasteiger partial charge in [0.05, 0.1) is 5.56 Å². The van der Waals surface area contributed by atoms with Gasteiger partial charge in [-0.05, 0) is 35.0 Å². The fourth-order valence-electron chi connectivity index (χ4n) is 1.62. The molecule has 1 aromatic carbocycles. The van der Waals surface area contributed by atoms with Gasteiger partial charge in [-0.3, -0.25) is 0 Å². The van der Waals surface area contributed by atoms with Crippen molar-refractivity contribution in [2.45, 2.75) is 13.0 Å². The van der Waals surface area contributed by atoms with Crippen molar-refractivity contribution in [3.63, 3.8) is 0 Å². The van der Waals surface area contributed by atoms with E-state index in [2.05, 4.69) is 15.5 Å². The molecule has 0 unspecified atom stereocenters. The molecule has 1 heterocycles. The van der Waals surface area contributed by atoms with E-state index >= 15 is 0 Å². The maximum atomic E-state index is 13.8. The van der Waals surface area contributed by atoms with Crippen molar-refractivity contribution in [3.8, 4) is 11.4 Å². The standard InChI is InChI=1S/C11H14FN5O/c1-18-6-2-5-17-11(14-15-16-17)9-4-3-8(13)7-10(9)12/h3-4,7H,2,5-6,13H2,1H3. The first-order chi connectivity index (χ1) is 8.72. The number of ether oxygens (including phenoxy) is 1. The Morgan fingerprint density at radius 1 is 1.44 bits per heavy atom. The molecule has 7 heteroatoms. The largest absolute Gasteiger partial charge is 0.399 e. The molecular weight excluding hydrogens is 237 g/mol. The predicted octanol–water partition coefficient (Wildman–Crippen LogP) is 1.10. The first-order valence-corrected chi connectivity index (χ1v) is 5.53. The van der Waals surface area contributed by atoms with Gasteiger partial charge < -0.3 is 10.5 Å². The molecule has 0 aliphatic heterocycles. The van der Waals surface area contributed by atoms with E-state index in [9.17, 15) is 4.39 Å². The van der Waals surface area contributed by atoms with Crippen molar-refractivity contribution in [2.24, 2.45) is 0 Å². The Kier molecular flexibility index (Phi) is 3.83. The lowest BCUT2D eigenvalue weighted by Crippen LogP contribution is -2.06. The Morgan fingerprint density at radius 3 is 3.00 bits per heavy atom. The fraction of sp³-hybridized carbons (Fsp3) is 0.364. The van der Waals surface area contributed by atoms with Gasteiger partial charge in [0.25, 0.3) is 0 Å². The Morgan fingerprint density at radius 2 is 2.28 bits per heavy atom. The van der Waals surface area contributed by atoms with E-state index in [0.717, 1.165) is 6.42 Å². The van der Waals surface area contributed by atoms with Gasteiger partial charge in [0.1, 0.15) is 5.82 Å². The zero-order valence-electron chi connectivity index (χ0n) is 10.0. The molecule has 2 rings (SSSR count). The van der Waals surface area contributed by atoms with Crippen LogP contribution < -0.4 is 5.73 Å². The Bertz CT molecular complexity index is 528. The molecule has 0 bridgehead atoms. The Balaban J connectivity index is 2.25. The van der Waals surface area contributed by atoms with E-state index in [1.165, 1.54) is 6.07 Å². The molecule has 0 amide bonds. The average molecular weight is 251 g/mol. The second-order valence-corrected chi connectivity index (χ2v) is 3.81. The quantitative estimate of drug-likeness (QED) is 0.636. The van der Waals surface area contributed by atoms with Crippen LogP contribution >= 0.6 is 0 Å². The third kappa shape index (κ3) is 2.62. The Labute approximate surface area is 104 Å². The average Bonchev–Trinajstić information content (AvgIpc) is 2.78. The third-order valence-electron chi connectivity index (χ3n) is 2.48. The summed E-state index contributed by atoms with van der Waals surface area (Å²) in [7, 11) is 1.63. The van der Waals surface area contributed by atoms with Crippen LogP contribution in [-0.2, 0) is 11.3 Å². The lowest BCUT2D eigenvalue weighted by Gasteiger charge is -2.05. The smallest absolute Gasteiger partial charge is 0.184 e. The summed E-state index contributed by atoms with van der Waals surface area (Å²) in [5, 5.41) is 11.2. The van der Waals surface area contributed by atoms with Crippen molar-refractivity contribution < 1.29 is 9.13 Å². The molecule has 2 aromatic rings.